The molecule has 0 bridgehead atoms. The molecule has 2 aromatic rings. The molecule has 1 atom stereocenters. The Bertz CT molecular complexity index is 596. The fourth-order valence-corrected chi connectivity index (χ4v) is 3.24. The Morgan fingerprint density at radius 3 is 2.42 bits per heavy atom. The van der Waals surface area contributed by atoms with Crippen molar-refractivity contribution < 1.29 is 4.21 Å². The molecule has 2 aromatic carbocycles. The summed E-state index contributed by atoms with van der Waals surface area (Å²) in [4.78, 5) is 0.824. The zero-order valence-electron chi connectivity index (χ0n) is 10.7. The van der Waals surface area contributed by atoms with Gasteiger partial charge in [-0.15, -0.1) is 0 Å². The van der Waals surface area contributed by atoms with Crippen LogP contribution in [0.3, 0.4) is 0 Å². The molecule has 2 nitrogen and oxygen atoms in total. The van der Waals surface area contributed by atoms with Gasteiger partial charge in [-0.25, -0.2) is 0 Å². The molecule has 0 spiro atoms. The van der Waals surface area contributed by atoms with E-state index in [0.29, 0.717) is 17.3 Å². The summed E-state index contributed by atoms with van der Waals surface area (Å²) in [5, 5.41) is 0.628. The quantitative estimate of drug-likeness (QED) is 0.939. The van der Waals surface area contributed by atoms with Gasteiger partial charge >= 0.3 is 0 Å². The lowest BCUT2D eigenvalue weighted by Crippen LogP contribution is -2.00. The molecule has 0 saturated heterocycles. The van der Waals surface area contributed by atoms with Crippen LogP contribution in [-0.4, -0.2) is 4.21 Å². The lowest BCUT2D eigenvalue weighted by Gasteiger charge is -2.07. The normalized spacial score (nSPS) is 12.4. The van der Waals surface area contributed by atoms with E-state index in [0.717, 1.165) is 21.6 Å². The van der Waals surface area contributed by atoms with Crippen molar-refractivity contribution in [3.8, 4) is 0 Å². The number of aryl methyl sites for hydroxylation is 1. The van der Waals surface area contributed by atoms with Crippen molar-refractivity contribution in [1.29, 1.82) is 0 Å². The first-order valence-corrected chi connectivity index (χ1v) is 7.72. The summed E-state index contributed by atoms with van der Waals surface area (Å²) in [7, 11) is -1.08. The maximum absolute atomic E-state index is 12.3. The molecule has 2 rings (SSSR count). The Hall–Kier alpha value is -1.16. The van der Waals surface area contributed by atoms with E-state index in [1.54, 1.807) is 0 Å². The maximum atomic E-state index is 12.3. The van der Waals surface area contributed by atoms with E-state index in [4.69, 9.17) is 17.3 Å². The van der Waals surface area contributed by atoms with Crippen LogP contribution in [0, 0.1) is 6.92 Å². The summed E-state index contributed by atoms with van der Waals surface area (Å²) in [5.41, 5.74) is 8.58. The van der Waals surface area contributed by atoms with Crippen molar-refractivity contribution in [2.45, 2.75) is 24.1 Å². The van der Waals surface area contributed by atoms with Crippen molar-refractivity contribution in [3.05, 3.63) is 64.2 Å². The van der Waals surface area contributed by atoms with E-state index in [1.807, 2.05) is 49.4 Å². The van der Waals surface area contributed by atoms with Crippen molar-refractivity contribution in [2.75, 3.05) is 0 Å². The van der Waals surface area contributed by atoms with Crippen LogP contribution in [0.15, 0.2) is 47.4 Å². The average Bonchev–Trinajstić information content (AvgIpc) is 2.41. The molecule has 0 amide bonds. The molecule has 0 aliphatic heterocycles. The smallest absolute Gasteiger partial charge is 0.0574 e. The summed E-state index contributed by atoms with van der Waals surface area (Å²) < 4.78 is 12.3. The predicted molar refractivity (Wildman–Crippen MR) is 80.6 cm³/mol. The molecular formula is C15H16ClNOS. The van der Waals surface area contributed by atoms with Gasteiger partial charge in [0, 0.05) is 16.5 Å². The molecule has 4 heteroatoms. The van der Waals surface area contributed by atoms with Gasteiger partial charge in [0.2, 0.25) is 0 Å². The van der Waals surface area contributed by atoms with Crippen LogP contribution in [0.1, 0.15) is 16.7 Å². The summed E-state index contributed by atoms with van der Waals surface area (Å²) in [6, 6.07) is 13.4. The van der Waals surface area contributed by atoms with Gasteiger partial charge in [0.15, 0.2) is 0 Å². The first-order valence-electron chi connectivity index (χ1n) is 6.02. The molecule has 0 aromatic heterocycles. The lowest BCUT2D eigenvalue weighted by atomic mass is 10.1. The predicted octanol–water partition coefficient (Wildman–Crippen LogP) is 3.41. The highest BCUT2D eigenvalue weighted by atomic mass is 35.5. The van der Waals surface area contributed by atoms with Crippen LogP contribution in [-0.2, 0) is 23.1 Å². The Morgan fingerprint density at radius 2 is 1.84 bits per heavy atom. The summed E-state index contributed by atoms with van der Waals surface area (Å²) in [6.07, 6.45) is 0. The second-order valence-corrected chi connectivity index (χ2v) is 6.29. The maximum Gasteiger partial charge on any atom is 0.0574 e. The molecule has 100 valence electrons. The fraction of sp³-hybridized carbons (Fsp3) is 0.200. The Balaban J connectivity index is 2.17. The topological polar surface area (TPSA) is 43.1 Å². The number of rotatable bonds is 4. The van der Waals surface area contributed by atoms with Crippen LogP contribution in [0.4, 0.5) is 0 Å². The summed E-state index contributed by atoms with van der Waals surface area (Å²) in [6.45, 7) is 2.47. The fourth-order valence-electron chi connectivity index (χ4n) is 1.75. The monoisotopic (exact) mass is 293 g/mol. The highest BCUT2D eigenvalue weighted by molar-refractivity contribution is 7.84. The SMILES string of the molecule is Cc1ccc(S(=O)Cc2ccc(CN)cc2Cl)cc1. The van der Waals surface area contributed by atoms with Crippen LogP contribution in [0.2, 0.25) is 5.02 Å². The van der Waals surface area contributed by atoms with Crippen molar-refractivity contribution in [2.24, 2.45) is 5.73 Å². The minimum atomic E-state index is -1.08. The number of hydrogen-bond acceptors (Lipinski definition) is 2. The van der Waals surface area contributed by atoms with Crippen LogP contribution in [0.25, 0.3) is 0 Å². The third-order valence-corrected chi connectivity index (χ3v) is 4.65. The zero-order valence-corrected chi connectivity index (χ0v) is 12.3. The van der Waals surface area contributed by atoms with E-state index in [1.165, 1.54) is 0 Å². The van der Waals surface area contributed by atoms with Gasteiger partial charge in [0.1, 0.15) is 0 Å². The Morgan fingerprint density at radius 1 is 1.16 bits per heavy atom. The molecule has 19 heavy (non-hydrogen) atoms. The Labute approximate surface area is 121 Å². The standard InChI is InChI=1S/C15H16ClNOS/c1-11-2-6-14(7-3-11)19(18)10-13-5-4-12(9-17)8-15(13)16/h2-8H,9-10,17H2,1H3. The van der Waals surface area contributed by atoms with Gasteiger partial charge in [-0.2, -0.15) is 0 Å². The second kappa shape index (κ2) is 6.33. The molecule has 0 aliphatic rings. The largest absolute Gasteiger partial charge is 0.326 e. The number of nitrogens with two attached hydrogens (primary N) is 1. The molecule has 0 aliphatic carbocycles. The van der Waals surface area contributed by atoms with Gasteiger partial charge in [0.05, 0.1) is 16.6 Å². The van der Waals surface area contributed by atoms with Crippen LogP contribution < -0.4 is 5.73 Å². The van der Waals surface area contributed by atoms with E-state index >= 15 is 0 Å². The van der Waals surface area contributed by atoms with E-state index < -0.39 is 10.8 Å². The minimum Gasteiger partial charge on any atom is -0.326 e. The third kappa shape index (κ3) is 3.66. The number of halogens is 1. The number of hydrogen-bond donors (Lipinski definition) is 1. The number of benzene rings is 2. The van der Waals surface area contributed by atoms with Crippen molar-refractivity contribution in [3.63, 3.8) is 0 Å². The summed E-state index contributed by atoms with van der Waals surface area (Å²) >= 11 is 6.17. The van der Waals surface area contributed by atoms with Gasteiger partial charge in [0.25, 0.3) is 0 Å². The molecule has 2 N–H and O–H groups in total. The van der Waals surface area contributed by atoms with E-state index in [-0.39, 0.29) is 0 Å². The van der Waals surface area contributed by atoms with E-state index in [2.05, 4.69) is 0 Å². The van der Waals surface area contributed by atoms with Gasteiger partial charge in [-0.3, -0.25) is 4.21 Å². The highest BCUT2D eigenvalue weighted by Gasteiger charge is 2.08. The molecule has 0 fully saturated rings. The second-order valence-electron chi connectivity index (χ2n) is 4.43. The van der Waals surface area contributed by atoms with Crippen molar-refractivity contribution in [1.82, 2.24) is 0 Å². The molecule has 0 radical (unpaired) electrons. The molecule has 0 saturated carbocycles. The summed E-state index contributed by atoms with van der Waals surface area (Å²) in [5.74, 6) is 0.423. The molecule has 0 heterocycles. The van der Waals surface area contributed by atoms with Gasteiger partial charge in [-0.1, -0.05) is 41.4 Å². The molecule has 1 unspecified atom stereocenters. The van der Waals surface area contributed by atoms with Crippen LogP contribution >= 0.6 is 11.6 Å². The highest BCUT2D eigenvalue weighted by Crippen LogP contribution is 2.21. The zero-order chi connectivity index (χ0) is 13.8. The first kappa shape index (κ1) is 14.3. The Kier molecular flexibility index (Phi) is 4.75. The van der Waals surface area contributed by atoms with Gasteiger partial charge in [-0.05, 0) is 36.2 Å². The van der Waals surface area contributed by atoms with Crippen LogP contribution in [0.5, 0.6) is 0 Å². The minimum absolute atomic E-state index is 0.423. The average molecular weight is 294 g/mol. The first-order chi connectivity index (χ1) is 9.10. The lowest BCUT2D eigenvalue weighted by molar-refractivity contribution is 0.682. The van der Waals surface area contributed by atoms with E-state index in [9.17, 15) is 4.21 Å². The van der Waals surface area contributed by atoms with Crippen molar-refractivity contribution >= 4 is 22.4 Å². The molecular weight excluding hydrogens is 278 g/mol. The van der Waals surface area contributed by atoms with Gasteiger partial charge < -0.3 is 5.73 Å². The third-order valence-electron chi connectivity index (χ3n) is 2.92.